The molecule has 0 aliphatic carbocycles. The van der Waals surface area contributed by atoms with Crippen LogP contribution in [0.4, 0.5) is 11.5 Å². The first-order valence-electron chi connectivity index (χ1n) is 10.0. The quantitative estimate of drug-likeness (QED) is 0.417. The minimum atomic E-state index is 0.124. The van der Waals surface area contributed by atoms with Crippen LogP contribution in [0.25, 0.3) is 22.3 Å². The molecule has 0 amide bonds. The average molecular weight is 382 g/mol. The van der Waals surface area contributed by atoms with Gasteiger partial charge in [0.15, 0.2) is 5.82 Å². The lowest BCUT2D eigenvalue weighted by molar-refractivity contribution is 0.590. The number of nitrogens with one attached hydrogen (secondary N) is 1. The van der Waals surface area contributed by atoms with Crippen molar-refractivity contribution in [1.29, 1.82) is 0 Å². The molecule has 0 bridgehead atoms. The maximum absolute atomic E-state index is 4.89. The molecule has 4 rings (SSSR count). The van der Waals surface area contributed by atoms with Gasteiger partial charge in [0.25, 0.3) is 0 Å². The molecule has 4 aromatic rings. The van der Waals surface area contributed by atoms with Crippen LogP contribution >= 0.6 is 0 Å². The molecule has 3 nitrogen and oxygen atoms in total. The van der Waals surface area contributed by atoms with E-state index in [4.69, 9.17) is 9.97 Å². The number of nitrogens with zero attached hydrogens (tertiary/aromatic N) is 2. The lowest BCUT2D eigenvalue weighted by atomic mass is 9.87. The first-order valence-corrected chi connectivity index (χ1v) is 10.0. The Kier molecular flexibility index (Phi) is 4.83. The third-order valence-corrected chi connectivity index (χ3v) is 5.38. The molecule has 0 saturated carbocycles. The number of aromatic nitrogens is 2. The van der Waals surface area contributed by atoms with Crippen LogP contribution in [0.5, 0.6) is 0 Å². The SMILES string of the molecule is Cc1ccc(Nc2nc(-c3ccc(C(C)(C)C)cc3)nc3ccccc23)cc1C. The predicted molar refractivity (Wildman–Crippen MR) is 123 cm³/mol. The fourth-order valence-corrected chi connectivity index (χ4v) is 3.38. The van der Waals surface area contributed by atoms with E-state index >= 15 is 0 Å². The van der Waals surface area contributed by atoms with Crippen molar-refractivity contribution in [3.05, 3.63) is 83.4 Å². The maximum atomic E-state index is 4.89. The average Bonchev–Trinajstić information content (AvgIpc) is 2.70. The summed E-state index contributed by atoms with van der Waals surface area (Å²) in [6.07, 6.45) is 0. The van der Waals surface area contributed by atoms with Crippen molar-refractivity contribution in [2.75, 3.05) is 5.32 Å². The van der Waals surface area contributed by atoms with Crippen LogP contribution in [0.15, 0.2) is 66.7 Å². The van der Waals surface area contributed by atoms with Gasteiger partial charge in [0, 0.05) is 16.6 Å². The molecule has 0 saturated heterocycles. The predicted octanol–water partition coefficient (Wildman–Crippen LogP) is 6.95. The maximum Gasteiger partial charge on any atom is 0.162 e. The molecule has 0 aliphatic rings. The zero-order valence-corrected chi connectivity index (χ0v) is 17.7. The Morgan fingerprint density at radius 1 is 0.759 bits per heavy atom. The van der Waals surface area contributed by atoms with Gasteiger partial charge in [-0.05, 0) is 60.2 Å². The van der Waals surface area contributed by atoms with E-state index in [1.54, 1.807) is 0 Å². The van der Waals surface area contributed by atoms with Crippen molar-refractivity contribution in [3.8, 4) is 11.4 Å². The van der Waals surface area contributed by atoms with Crippen molar-refractivity contribution in [1.82, 2.24) is 9.97 Å². The molecule has 3 aromatic carbocycles. The number of hydrogen-bond acceptors (Lipinski definition) is 3. The van der Waals surface area contributed by atoms with Crippen LogP contribution in [0.2, 0.25) is 0 Å². The summed E-state index contributed by atoms with van der Waals surface area (Å²) in [6.45, 7) is 10.9. The molecule has 1 N–H and O–H groups in total. The smallest absolute Gasteiger partial charge is 0.162 e. The highest BCUT2D eigenvalue weighted by Crippen LogP contribution is 2.29. The summed E-state index contributed by atoms with van der Waals surface area (Å²) in [5, 5.41) is 4.52. The minimum absolute atomic E-state index is 0.124. The Hall–Kier alpha value is -3.20. The van der Waals surface area contributed by atoms with E-state index in [0.717, 1.165) is 33.8 Å². The molecule has 0 atom stereocenters. The molecule has 1 heterocycles. The van der Waals surface area contributed by atoms with Gasteiger partial charge in [-0.2, -0.15) is 0 Å². The van der Waals surface area contributed by atoms with Crippen molar-refractivity contribution in [2.24, 2.45) is 0 Å². The normalized spacial score (nSPS) is 11.6. The largest absolute Gasteiger partial charge is 0.340 e. The van der Waals surface area contributed by atoms with Gasteiger partial charge in [-0.25, -0.2) is 9.97 Å². The second kappa shape index (κ2) is 7.32. The Labute approximate surface area is 172 Å². The van der Waals surface area contributed by atoms with Gasteiger partial charge >= 0.3 is 0 Å². The van der Waals surface area contributed by atoms with E-state index in [-0.39, 0.29) is 5.41 Å². The Morgan fingerprint density at radius 2 is 1.48 bits per heavy atom. The summed E-state index contributed by atoms with van der Waals surface area (Å²) in [5.41, 5.74) is 6.95. The summed E-state index contributed by atoms with van der Waals surface area (Å²) in [7, 11) is 0. The first kappa shape index (κ1) is 19.1. The molecule has 0 unspecified atom stereocenters. The Morgan fingerprint density at radius 3 is 2.17 bits per heavy atom. The van der Waals surface area contributed by atoms with Crippen molar-refractivity contribution < 1.29 is 0 Å². The summed E-state index contributed by atoms with van der Waals surface area (Å²) < 4.78 is 0. The van der Waals surface area contributed by atoms with Crippen LogP contribution in [0.1, 0.15) is 37.5 Å². The van der Waals surface area contributed by atoms with Crippen LogP contribution in [0.3, 0.4) is 0 Å². The lowest BCUT2D eigenvalue weighted by Crippen LogP contribution is -2.10. The van der Waals surface area contributed by atoms with Crippen LogP contribution in [0, 0.1) is 13.8 Å². The molecule has 29 heavy (non-hydrogen) atoms. The fraction of sp³-hybridized carbons (Fsp3) is 0.231. The van der Waals surface area contributed by atoms with Gasteiger partial charge in [0.2, 0.25) is 0 Å². The number of para-hydroxylation sites is 1. The molecule has 0 aliphatic heterocycles. The molecular weight excluding hydrogens is 354 g/mol. The van der Waals surface area contributed by atoms with E-state index in [1.807, 2.05) is 18.2 Å². The van der Waals surface area contributed by atoms with E-state index in [2.05, 4.69) is 88.5 Å². The zero-order valence-electron chi connectivity index (χ0n) is 17.7. The summed E-state index contributed by atoms with van der Waals surface area (Å²) in [5.74, 6) is 1.56. The minimum Gasteiger partial charge on any atom is -0.340 e. The van der Waals surface area contributed by atoms with Gasteiger partial charge in [-0.1, -0.05) is 63.2 Å². The third-order valence-electron chi connectivity index (χ3n) is 5.38. The zero-order chi connectivity index (χ0) is 20.6. The molecule has 3 heteroatoms. The highest BCUT2D eigenvalue weighted by Gasteiger charge is 2.15. The van der Waals surface area contributed by atoms with Crippen molar-refractivity contribution in [3.63, 3.8) is 0 Å². The molecule has 0 radical (unpaired) electrons. The second-order valence-corrected chi connectivity index (χ2v) is 8.66. The van der Waals surface area contributed by atoms with E-state index in [1.165, 1.54) is 16.7 Å². The second-order valence-electron chi connectivity index (χ2n) is 8.66. The van der Waals surface area contributed by atoms with E-state index in [0.29, 0.717) is 0 Å². The molecule has 1 aromatic heterocycles. The standard InChI is InChI=1S/C26H27N3/c1-17-10-15-21(16-18(17)2)27-25-22-8-6-7-9-23(22)28-24(29-25)19-11-13-20(14-12-19)26(3,4)5/h6-16H,1-5H3,(H,27,28,29). The van der Waals surface area contributed by atoms with Crippen molar-refractivity contribution in [2.45, 2.75) is 40.0 Å². The number of benzene rings is 3. The molecular formula is C26H27N3. The topological polar surface area (TPSA) is 37.8 Å². The monoisotopic (exact) mass is 381 g/mol. The van der Waals surface area contributed by atoms with Gasteiger partial charge in [-0.3, -0.25) is 0 Å². The summed E-state index contributed by atoms with van der Waals surface area (Å²) in [4.78, 5) is 9.71. The van der Waals surface area contributed by atoms with Gasteiger partial charge < -0.3 is 5.32 Å². The number of fused-ring (bicyclic) bond motifs is 1. The Balaban J connectivity index is 1.79. The lowest BCUT2D eigenvalue weighted by Gasteiger charge is -2.19. The number of aryl methyl sites for hydroxylation is 2. The highest BCUT2D eigenvalue weighted by atomic mass is 15.0. The van der Waals surface area contributed by atoms with Crippen molar-refractivity contribution >= 4 is 22.4 Å². The fourth-order valence-electron chi connectivity index (χ4n) is 3.38. The highest BCUT2D eigenvalue weighted by molar-refractivity contribution is 5.92. The van der Waals surface area contributed by atoms with Crippen LogP contribution < -0.4 is 5.32 Å². The van der Waals surface area contributed by atoms with Crippen LogP contribution in [-0.2, 0) is 5.41 Å². The van der Waals surface area contributed by atoms with Crippen LogP contribution in [-0.4, -0.2) is 9.97 Å². The molecule has 0 spiro atoms. The number of anilines is 2. The van der Waals surface area contributed by atoms with E-state index < -0.39 is 0 Å². The van der Waals surface area contributed by atoms with Gasteiger partial charge in [-0.15, -0.1) is 0 Å². The Bertz CT molecular complexity index is 1170. The van der Waals surface area contributed by atoms with E-state index in [9.17, 15) is 0 Å². The first-order chi connectivity index (χ1) is 13.8. The van der Waals surface area contributed by atoms with Gasteiger partial charge in [0.1, 0.15) is 5.82 Å². The molecule has 0 fully saturated rings. The molecule has 146 valence electrons. The number of hydrogen-bond donors (Lipinski definition) is 1. The summed E-state index contributed by atoms with van der Waals surface area (Å²) in [6, 6.07) is 23.1. The summed E-state index contributed by atoms with van der Waals surface area (Å²) >= 11 is 0. The third kappa shape index (κ3) is 4.00. The number of rotatable bonds is 3. The van der Waals surface area contributed by atoms with Gasteiger partial charge in [0.05, 0.1) is 5.52 Å².